The maximum Gasteiger partial charge on any atom is 0.261 e. The maximum atomic E-state index is 13.1. The average molecular weight is 353 g/mol. The van der Waals surface area contributed by atoms with Crippen molar-refractivity contribution in [2.24, 2.45) is 0 Å². The molecule has 132 valence electrons. The Morgan fingerprint density at radius 3 is 2.73 bits per heavy atom. The minimum atomic E-state index is -0.449. The fourth-order valence-electron chi connectivity index (χ4n) is 2.74. The van der Waals surface area contributed by atoms with Crippen LogP contribution in [0.25, 0.3) is 0 Å². The number of amides is 2. The zero-order valence-corrected chi connectivity index (χ0v) is 13.9. The van der Waals surface area contributed by atoms with E-state index in [-0.39, 0.29) is 30.7 Å². The summed E-state index contributed by atoms with van der Waals surface area (Å²) in [5.41, 5.74) is 0.957. The lowest BCUT2D eigenvalue weighted by Crippen LogP contribution is -2.53. The zero-order valence-electron chi connectivity index (χ0n) is 13.9. The van der Waals surface area contributed by atoms with Crippen LogP contribution in [0.15, 0.2) is 48.5 Å². The van der Waals surface area contributed by atoms with E-state index in [1.54, 1.807) is 30.3 Å². The molecule has 0 spiro atoms. The van der Waals surface area contributed by atoms with Crippen LogP contribution in [0.2, 0.25) is 0 Å². The Morgan fingerprint density at radius 2 is 2.00 bits per heavy atom. The number of piperazine rings is 1. The van der Waals surface area contributed by atoms with Crippen LogP contribution < -0.4 is 9.64 Å². The number of hydrogen-bond donors (Lipinski definition) is 0. The second-order valence-corrected chi connectivity index (χ2v) is 5.74. The van der Waals surface area contributed by atoms with E-state index in [9.17, 15) is 19.2 Å². The number of rotatable bonds is 4. The average Bonchev–Trinajstić information content (AvgIpc) is 2.66. The largest absolute Gasteiger partial charge is 0.484 e. The molecular weight excluding hydrogens is 337 g/mol. The molecule has 2 aromatic carbocycles. The molecule has 0 bridgehead atoms. The molecular formula is C19H16FN3O3. The van der Waals surface area contributed by atoms with Gasteiger partial charge in [0.2, 0.25) is 5.91 Å². The molecule has 1 aliphatic heterocycles. The number of nitriles is 1. The third kappa shape index (κ3) is 3.81. The summed E-state index contributed by atoms with van der Waals surface area (Å²) in [6, 6.07) is 14.4. The molecule has 7 heteroatoms. The van der Waals surface area contributed by atoms with Crippen LogP contribution in [0.1, 0.15) is 5.56 Å². The van der Waals surface area contributed by atoms with E-state index < -0.39 is 5.82 Å². The lowest BCUT2D eigenvalue weighted by Gasteiger charge is -2.34. The molecule has 1 aliphatic rings. The van der Waals surface area contributed by atoms with Crippen molar-refractivity contribution in [3.63, 3.8) is 0 Å². The lowest BCUT2D eigenvalue weighted by atomic mass is 10.1. The zero-order chi connectivity index (χ0) is 18.5. The molecule has 0 saturated carbocycles. The van der Waals surface area contributed by atoms with Crippen molar-refractivity contribution in [3.8, 4) is 11.8 Å². The number of para-hydroxylation sites is 1. The number of hydrogen-bond acceptors (Lipinski definition) is 4. The van der Waals surface area contributed by atoms with Gasteiger partial charge >= 0.3 is 0 Å². The first-order valence-electron chi connectivity index (χ1n) is 8.04. The van der Waals surface area contributed by atoms with E-state index in [0.717, 1.165) is 0 Å². The van der Waals surface area contributed by atoms with E-state index in [1.807, 2.05) is 0 Å². The first-order valence-corrected chi connectivity index (χ1v) is 8.04. The molecule has 0 aromatic heterocycles. The number of ether oxygens (including phenoxy) is 1. The summed E-state index contributed by atoms with van der Waals surface area (Å²) in [6.07, 6.45) is 0. The van der Waals surface area contributed by atoms with E-state index >= 15 is 0 Å². The van der Waals surface area contributed by atoms with Gasteiger partial charge in [-0.25, -0.2) is 4.39 Å². The second kappa shape index (κ2) is 7.66. The molecule has 1 saturated heterocycles. The molecule has 0 aliphatic carbocycles. The van der Waals surface area contributed by atoms with E-state index in [2.05, 4.69) is 6.07 Å². The number of halogens is 1. The molecule has 6 nitrogen and oxygen atoms in total. The smallest absolute Gasteiger partial charge is 0.261 e. The van der Waals surface area contributed by atoms with Crippen LogP contribution in [0, 0.1) is 17.1 Å². The number of carbonyl (C=O) groups excluding carboxylic acids is 2. The molecule has 2 amide bonds. The van der Waals surface area contributed by atoms with Crippen molar-refractivity contribution in [1.29, 1.82) is 5.26 Å². The summed E-state index contributed by atoms with van der Waals surface area (Å²) >= 11 is 0. The Bertz CT molecular complexity index is 878. The predicted octanol–water partition coefficient (Wildman–Crippen LogP) is 1.95. The first-order chi connectivity index (χ1) is 12.6. The van der Waals surface area contributed by atoms with Gasteiger partial charge in [-0.05, 0) is 24.3 Å². The molecule has 0 unspecified atom stereocenters. The van der Waals surface area contributed by atoms with Crippen LogP contribution in [0.4, 0.5) is 10.1 Å². The number of carbonyl (C=O) groups is 2. The Hall–Kier alpha value is -3.40. The van der Waals surface area contributed by atoms with Crippen LogP contribution in [0.3, 0.4) is 0 Å². The SMILES string of the molecule is N#Cc1ccccc1N1CCN(C(=O)COc2cccc(F)c2)CC1=O. The summed E-state index contributed by atoms with van der Waals surface area (Å²) < 4.78 is 18.4. The highest BCUT2D eigenvalue weighted by molar-refractivity contribution is 5.99. The molecule has 0 radical (unpaired) electrons. The highest BCUT2D eigenvalue weighted by atomic mass is 19.1. The van der Waals surface area contributed by atoms with Crippen molar-refractivity contribution in [2.75, 3.05) is 31.1 Å². The topological polar surface area (TPSA) is 73.6 Å². The third-order valence-corrected chi connectivity index (χ3v) is 4.05. The van der Waals surface area contributed by atoms with Gasteiger partial charge in [-0.2, -0.15) is 5.26 Å². The molecule has 26 heavy (non-hydrogen) atoms. The summed E-state index contributed by atoms with van der Waals surface area (Å²) in [5, 5.41) is 9.18. The summed E-state index contributed by atoms with van der Waals surface area (Å²) in [5.74, 6) is -0.810. The van der Waals surface area contributed by atoms with Crippen molar-refractivity contribution in [2.45, 2.75) is 0 Å². The van der Waals surface area contributed by atoms with Gasteiger partial charge in [0.1, 0.15) is 24.2 Å². The van der Waals surface area contributed by atoms with Crippen LogP contribution in [0.5, 0.6) is 5.75 Å². The van der Waals surface area contributed by atoms with Crippen molar-refractivity contribution in [3.05, 3.63) is 59.9 Å². The van der Waals surface area contributed by atoms with Gasteiger partial charge in [-0.3, -0.25) is 9.59 Å². The van der Waals surface area contributed by atoms with Gasteiger partial charge in [0.05, 0.1) is 11.3 Å². The third-order valence-electron chi connectivity index (χ3n) is 4.05. The Balaban J connectivity index is 1.60. The van der Waals surface area contributed by atoms with Gasteiger partial charge in [-0.15, -0.1) is 0 Å². The Labute approximate surface area is 150 Å². The van der Waals surface area contributed by atoms with Gasteiger partial charge < -0.3 is 14.5 Å². The van der Waals surface area contributed by atoms with Crippen molar-refractivity contribution < 1.29 is 18.7 Å². The molecule has 3 rings (SSSR count). The van der Waals surface area contributed by atoms with Crippen molar-refractivity contribution in [1.82, 2.24) is 4.90 Å². The van der Waals surface area contributed by atoms with Crippen LogP contribution in [-0.2, 0) is 9.59 Å². The summed E-state index contributed by atoms with van der Waals surface area (Å²) in [4.78, 5) is 27.6. The molecule has 1 heterocycles. The van der Waals surface area contributed by atoms with E-state index in [4.69, 9.17) is 4.74 Å². The molecule has 0 N–H and O–H groups in total. The van der Waals surface area contributed by atoms with E-state index in [0.29, 0.717) is 24.3 Å². The standard InChI is InChI=1S/C19H16FN3O3/c20-15-5-3-6-16(10-15)26-13-19(25)22-8-9-23(18(24)12-22)17-7-2-1-4-14(17)11-21/h1-7,10H,8-9,12-13H2. The van der Waals surface area contributed by atoms with Crippen LogP contribution >= 0.6 is 0 Å². The lowest BCUT2D eigenvalue weighted by molar-refractivity contribution is -0.138. The highest BCUT2D eigenvalue weighted by Gasteiger charge is 2.29. The maximum absolute atomic E-state index is 13.1. The Morgan fingerprint density at radius 1 is 1.19 bits per heavy atom. The minimum Gasteiger partial charge on any atom is -0.484 e. The van der Waals surface area contributed by atoms with E-state index in [1.165, 1.54) is 28.0 Å². The van der Waals surface area contributed by atoms with Crippen LogP contribution in [-0.4, -0.2) is 43.0 Å². The summed E-state index contributed by atoms with van der Waals surface area (Å²) in [7, 11) is 0. The monoisotopic (exact) mass is 353 g/mol. The Kier molecular flexibility index (Phi) is 5.13. The molecule has 0 atom stereocenters. The second-order valence-electron chi connectivity index (χ2n) is 5.74. The van der Waals surface area contributed by atoms with Crippen molar-refractivity contribution >= 4 is 17.5 Å². The fourth-order valence-corrected chi connectivity index (χ4v) is 2.74. The van der Waals surface area contributed by atoms with Gasteiger partial charge in [0.25, 0.3) is 5.91 Å². The fraction of sp³-hybridized carbons (Fsp3) is 0.211. The predicted molar refractivity (Wildman–Crippen MR) is 92.0 cm³/mol. The van der Waals surface area contributed by atoms with Gasteiger partial charge in [0, 0.05) is 19.2 Å². The minimum absolute atomic E-state index is 0.0922. The normalized spacial score (nSPS) is 14.1. The first kappa shape index (κ1) is 17.4. The van der Waals surface area contributed by atoms with Gasteiger partial charge in [-0.1, -0.05) is 18.2 Å². The van der Waals surface area contributed by atoms with Gasteiger partial charge in [0.15, 0.2) is 6.61 Å². The quantitative estimate of drug-likeness (QED) is 0.842. The molecule has 1 fully saturated rings. The number of anilines is 1. The molecule has 2 aromatic rings. The highest BCUT2D eigenvalue weighted by Crippen LogP contribution is 2.22. The number of nitrogens with zero attached hydrogens (tertiary/aromatic N) is 3. The number of benzene rings is 2. The summed E-state index contributed by atoms with van der Waals surface area (Å²) in [6.45, 7) is 0.261.